The highest BCUT2D eigenvalue weighted by Gasteiger charge is 2.35. The molecule has 2 aliphatic heterocycles. The average molecular weight is 910 g/mol. The summed E-state index contributed by atoms with van der Waals surface area (Å²) in [4.78, 5) is 29.2. The van der Waals surface area contributed by atoms with E-state index >= 15 is 0 Å². The van der Waals surface area contributed by atoms with Gasteiger partial charge in [-0.25, -0.2) is 4.79 Å². The molecule has 1 saturated heterocycles. The Hall–Kier alpha value is -3.16. The van der Waals surface area contributed by atoms with E-state index in [1.807, 2.05) is 95.3 Å². The van der Waals surface area contributed by atoms with Gasteiger partial charge in [0.05, 0.1) is 42.7 Å². The number of aliphatic hydroxyl groups excluding tert-OH is 2. The number of cyclic esters (lactones) is 1. The van der Waals surface area contributed by atoms with Gasteiger partial charge in [-0.05, 0) is 115 Å². The van der Waals surface area contributed by atoms with Crippen molar-refractivity contribution in [3.63, 3.8) is 0 Å². The van der Waals surface area contributed by atoms with E-state index in [9.17, 15) is 19.8 Å². The Labute approximate surface area is 393 Å². The molecule has 1 aromatic rings. The number of methoxy groups -OCH3 is 3. The molecule has 1 aromatic carbocycles. The average Bonchev–Trinajstić information content (AvgIpc) is 3.29. The SMILES string of the molecule is CO[C@H]1C[C@H](CC[C@H](C)[C@H](O)[C@H](C)[C@@H]2C/C=C/[C@H](OC)C[C@H](C)C/C=C(\C)[C@@H](OC)CC[C@@H](C)[C@@H](O)[C@H](C)C(OC(=O)C(Cc3ccccc3)N(C)C)C/C=C/C=C/C(=O)O2)O[C@@H](C)C1. The zero-order chi connectivity index (χ0) is 48.1. The number of hydrogen-bond donors (Lipinski definition) is 2. The minimum atomic E-state index is -0.755. The van der Waals surface area contributed by atoms with Gasteiger partial charge in [-0.2, -0.15) is 0 Å². The van der Waals surface area contributed by atoms with Crippen molar-refractivity contribution in [2.24, 2.45) is 29.6 Å². The molecule has 2 unspecified atom stereocenters. The zero-order valence-corrected chi connectivity index (χ0v) is 42.0. The summed E-state index contributed by atoms with van der Waals surface area (Å²) in [5, 5.41) is 23.5. The number of benzene rings is 1. The molecule has 0 amide bonds. The van der Waals surface area contributed by atoms with Crippen LogP contribution in [0.3, 0.4) is 0 Å². The van der Waals surface area contributed by atoms with Crippen molar-refractivity contribution < 1.29 is 48.2 Å². The number of carbonyl (C=O) groups is 2. The number of esters is 2. The molecule has 0 bridgehead atoms. The van der Waals surface area contributed by atoms with Crippen molar-refractivity contribution >= 4 is 11.9 Å². The van der Waals surface area contributed by atoms with Crippen LogP contribution in [0.4, 0.5) is 0 Å². The van der Waals surface area contributed by atoms with E-state index in [1.54, 1.807) is 33.5 Å². The number of allylic oxidation sites excluding steroid dienone is 3. The maximum atomic E-state index is 13.9. The van der Waals surface area contributed by atoms with Gasteiger partial charge in [0.25, 0.3) is 0 Å². The van der Waals surface area contributed by atoms with Gasteiger partial charge in [0.1, 0.15) is 18.2 Å². The van der Waals surface area contributed by atoms with E-state index < -0.39 is 42.3 Å². The number of hydrogen-bond acceptors (Lipinski definition) is 11. The second kappa shape index (κ2) is 29.6. The van der Waals surface area contributed by atoms with Crippen LogP contribution in [-0.4, -0.2) is 123 Å². The lowest BCUT2D eigenvalue weighted by atomic mass is 9.84. The van der Waals surface area contributed by atoms with Crippen molar-refractivity contribution in [1.82, 2.24) is 4.90 Å². The third kappa shape index (κ3) is 19.5. The highest BCUT2D eigenvalue weighted by molar-refractivity contribution is 5.82. The topological polar surface area (TPSA) is 133 Å². The summed E-state index contributed by atoms with van der Waals surface area (Å²) in [5.41, 5.74) is 2.18. The molecule has 1 fully saturated rings. The number of likely N-dealkylation sites (N-methyl/N-ethyl adjacent to an activating group) is 1. The Morgan fingerprint density at radius 1 is 0.908 bits per heavy atom. The van der Waals surface area contributed by atoms with E-state index in [1.165, 1.54) is 6.08 Å². The van der Waals surface area contributed by atoms with Gasteiger partial charge in [-0.1, -0.05) is 101 Å². The van der Waals surface area contributed by atoms with Crippen LogP contribution in [-0.2, 0) is 44.4 Å². The lowest BCUT2D eigenvalue weighted by Gasteiger charge is -2.35. The number of carbonyl (C=O) groups excluding carboxylic acids is 2. The largest absolute Gasteiger partial charge is 0.460 e. The van der Waals surface area contributed by atoms with Gasteiger partial charge < -0.3 is 38.6 Å². The molecule has 2 N–H and O–H groups in total. The lowest BCUT2D eigenvalue weighted by Crippen LogP contribution is -2.43. The predicted molar refractivity (Wildman–Crippen MR) is 259 cm³/mol. The molecule has 0 radical (unpaired) electrons. The lowest BCUT2D eigenvalue weighted by molar-refractivity contribution is -0.160. The van der Waals surface area contributed by atoms with Gasteiger partial charge in [-0.3, -0.25) is 9.69 Å². The fraction of sp³-hybridized carbons (Fsp3) is 0.704. The predicted octanol–water partition coefficient (Wildman–Crippen LogP) is 9.25. The number of aliphatic hydroxyl groups is 2. The standard InChI is InChI=1S/C54H87NO10/c1-36-26-27-37(2)48(62-12)31-29-39(4)53(58)42(7)50(65-54(59)47(55(8)9)34-43-20-15-13-16-21-43)23-17-14-18-25-51(56)64-49(24-19-22-44(32-36)60-10)41(6)52(57)38(3)28-30-45-35-46(61-11)33-40(5)63-45/h13-22,25,27,36,38-42,44-50,52-53,57-58H,23-24,26,28-35H2,1-12H3/b17-14+,22-19+,25-18+,37-27+/t36-,38+,39-,40+,41-,42-,44+,45+,46-,47?,48+,49+,50?,52+,53-/m1/s1. The molecule has 3 rings (SSSR count). The van der Waals surface area contributed by atoms with Crippen LogP contribution in [0.1, 0.15) is 118 Å². The van der Waals surface area contributed by atoms with Crippen LogP contribution in [0.25, 0.3) is 0 Å². The summed E-state index contributed by atoms with van der Waals surface area (Å²) >= 11 is 0. The Balaban J connectivity index is 1.89. The molecule has 368 valence electrons. The van der Waals surface area contributed by atoms with Gasteiger partial charge in [-0.15, -0.1) is 0 Å². The molecular weight excluding hydrogens is 823 g/mol. The second-order valence-corrected chi connectivity index (χ2v) is 19.5. The fourth-order valence-corrected chi connectivity index (χ4v) is 9.31. The monoisotopic (exact) mass is 910 g/mol. The van der Waals surface area contributed by atoms with Gasteiger partial charge in [0, 0.05) is 52.1 Å². The third-order valence-corrected chi connectivity index (χ3v) is 14.0. The molecule has 0 aliphatic carbocycles. The van der Waals surface area contributed by atoms with Crippen LogP contribution < -0.4 is 0 Å². The summed E-state index contributed by atoms with van der Waals surface area (Å²) in [5.74, 6) is -1.48. The number of rotatable bonds is 14. The zero-order valence-electron chi connectivity index (χ0n) is 42.0. The quantitative estimate of drug-likeness (QED) is 0.137. The maximum Gasteiger partial charge on any atom is 0.331 e. The number of ether oxygens (including phenoxy) is 6. The Morgan fingerprint density at radius 3 is 2.29 bits per heavy atom. The first kappa shape index (κ1) is 56.2. The molecule has 15 atom stereocenters. The van der Waals surface area contributed by atoms with Crippen LogP contribution in [0.2, 0.25) is 0 Å². The summed E-state index contributed by atoms with van der Waals surface area (Å²) in [6.45, 7) is 14.4. The first-order valence-electron chi connectivity index (χ1n) is 24.4. The molecule has 11 nitrogen and oxygen atoms in total. The molecule has 65 heavy (non-hydrogen) atoms. The van der Waals surface area contributed by atoms with Gasteiger partial charge in [0.15, 0.2) is 0 Å². The van der Waals surface area contributed by atoms with E-state index in [0.29, 0.717) is 25.2 Å². The Morgan fingerprint density at radius 2 is 1.63 bits per heavy atom. The normalized spacial score (nSPS) is 33.8. The van der Waals surface area contributed by atoms with Gasteiger partial charge >= 0.3 is 11.9 Å². The Kier molecular flexibility index (Phi) is 25.5. The molecule has 2 aliphatic rings. The molecule has 2 heterocycles. The van der Waals surface area contributed by atoms with Crippen LogP contribution in [0.5, 0.6) is 0 Å². The Bertz CT molecular complexity index is 1630. The first-order chi connectivity index (χ1) is 31.0. The van der Waals surface area contributed by atoms with Crippen LogP contribution in [0, 0.1) is 29.6 Å². The van der Waals surface area contributed by atoms with Crippen molar-refractivity contribution in [3.05, 3.63) is 84.0 Å². The minimum Gasteiger partial charge on any atom is -0.460 e. The van der Waals surface area contributed by atoms with E-state index in [4.69, 9.17) is 28.4 Å². The van der Waals surface area contributed by atoms with Crippen LogP contribution >= 0.6 is 0 Å². The summed E-state index contributed by atoms with van der Waals surface area (Å²) in [6, 6.07) is 9.35. The van der Waals surface area contributed by atoms with Crippen LogP contribution in [0.15, 0.2) is 78.4 Å². The smallest absolute Gasteiger partial charge is 0.331 e. The minimum absolute atomic E-state index is 0.0603. The van der Waals surface area contributed by atoms with Crippen molar-refractivity contribution in [2.45, 2.75) is 180 Å². The first-order valence-corrected chi connectivity index (χ1v) is 24.4. The molecular formula is C54H87NO10. The highest BCUT2D eigenvalue weighted by atomic mass is 16.6. The van der Waals surface area contributed by atoms with E-state index in [2.05, 4.69) is 26.8 Å². The van der Waals surface area contributed by atoms with Gasteiger partial charge in [0.2, 0.25) is 0 Å². The maximum absolute atomic E-state index is 13.9. The third-order valence-electron chi connectivity index (χ3n) is 14.0. The number of nitrogens with zero attached hydrogens (tertiary/aromatic N) is 1. The summed E-state index contributed by atoms with van der Waals surface area (Å²) in [7, 11) is 8.93. The van der Waals surface area contributed by atoms with Crippen molar-refractivity contribution in [1.29, 1.82) is 0 Å². The molecule has 0 saturated carbocycles. The second-order valence-electron chi connectivity index (χ2n) is 19.5. The molecule has 11 heteroatoms. The molecule has 0 aromatic heterocycles. The van der Waals surface area contributed by atoms with Crippen molar-refractivity contribution in [2.75, 3.05) is 35.4 Å². The summed E-state index contributed by atoms with van der Waals surface area (Å²) < 4.78 is 36.1. The summed E-state index contributed by atoms with van der Waals surface area (Å²) in [6.07, 6.45) is 18.0. The van der Waals surface area contributed by atoms with E-state index in [-0.39, 0.29) is 54.2 Å². The van der Waals surface area contributed by atoms with Crippen molar-refractivity contribution in [3.8, 4) is 0 Å². The highest BCUT2D eigenvalue weighted by Crippen LogP contribution is 2.31. The van der Waals surface area contributed by atoms with E-state index in [0.717, 1.165) is 62.5 Å². The fourth-order valence-electron chi connectivity index (χ4n) is 9.31. The molecule has 0 spiro atoms.